The monoisotopic (exact) mass is 644 g/mol. The van der Waals surface area contributed by atoms with Gasteiger partial charge >= 0.3 is 0 Å². The highest BCUT2D eigenvalue weighted by Crippen LogP contribution is 2.60. The van der Waals surface area contributed by atoms with Gasteiger partial charge in [0, 0.05) is 20.8 Å². The Bertz CT molecular complexity index is 1230. The van der Waals surface area contributed by atoms with Crippen LogP contribution >= 0.6 is 55.1 Å². The molecule has 2 aliphatic carbocycles. The largest absolute Gasteiger partial charge is 0.292 e. The van der Waals surface area contributed by atoms with E-state index in [4.69, 9.17) is 23.2 Å². The number of hydrogen-bond acceptors (Lipinski definition) is 4. The van der Waals surface area contributed by atoms with Crippen LogP contribution in [0.1, 0.15) is 27.1 Å². The molecule has 0 spiro atoms. The van der Waals surface area contributed by atoms with Crippen molar-refractivity contribution in [3.05, 3.63) is 69.5 Å². The van der Waals surface area contributed by atoms with E-state index in [9.17, 15) is 23.6 Å². The molecule has 0 aromatic heterocycles. The Hall–Kier alpha value is -1.81. The first-order valence-electron chi connectivity index (χ1n) is 10.8. The van der Waals surface area contributed by atoms with E-state index in [0.29, 0.717) is 0 Å². The number of alkyl halides is 2. The van der Waals surface area contributed by atoms with Crippen molar-refractivity contribution >= 4 is 78.6 Å². The van der Waals surface area contributed by atoms with E-state index in [-0.39, 0.29) is 42.7 Å². The van der Waals surface area contributed by atoms with Crippen LogP contribution in [0.2, 0.25) is 10.0 Å². The molecule has 11 heteroatoms. The third kappa shape index (κ3) is 4.04. The van der Waals surface area contributed by atoms with Crippen molar-refractivity contribution < 1.29 is 23.6 Å². The molecule has 2 aromatic rings. The number of imide groups is 1. The second kappa shape index (κ2) is 9.25. The summed E-state index contributed by atoms with van der Waals surface area (Å²) in [5.74, 6) is -4.11. The predicted molar refractivity (Wildman–Crippen MR) is 134 cm³/mol. The van der Waals surface area contributed by atoms with Gasteiger partial charge in [0.25, 0.3) is 17.7 Å². The van der Waals surface area contributed by atoms with Crippen LogP contribution in [0.3, 0.4) is 0 Å². The fraction of sp³-hybridized carbons (Fsp3) is 0.333. The van der Waals surface area contributed by atoms with Gasteiger partial charge in [0.2, 0.25) is 0 Å². The van der Waals surface area contributed by atoms with Gasteiger partial charge in [-0.15, -0.1) is 0 Å². The van der Waals surface area contributed by atoms with Crippen molar-refractivity contribution in [3.63, 3.8) is 0 Å². The first-order chi connectivity index (χ1) is 16.6. The summed E-state index contributed by atoms with van der Waals surface area (Å²) in [5, 5.41) is 2.04. The number of amides is 3. The number of halogens is 5. The van der Waals surface area contributed by atoms with E-state index in [2.05, 4.69) is 31.9 Å². The molecule has 1 saturated heterocycles. The minimum atomic E-state index is -0.751. The summed E-state index contributed by atoms with van der Waals surface area (Å²) in [5.41, 5.74) is 0.197. The molecule has 2 aromatic carbocycles. The van der Waals surface area contributed by atoms with E-state index < -0.39 is 47.7 Å². The highest BCUT2D eigenvalue weighted by atomic mass is 79.9. The van der Waals surface area contributed by atoms with Crippen LogP contribution < -0.4 is 0 Å². The molecule has 3 aliphatic rings. The molecular weight excluding hydrogens is 630 g/mol. The summed E-state index contributed by atoms with van der Waals surface area (Å²) in [4.78, 5) is 53.8. The van der Waals surface area contributed by atoms with Crippen LogP contribution in [0, 0.1) is 29.5 Å². The maximum atomic E-state index is 13.6. The molecule has 6 nitrogen and oxygen atoms in total. The Morgan fingerprint density at radius 3 is 2.00 bits per heavy atom. The summed E-state index contributed by atoms with van der Waals surface area (Å²) in [6.45, 7) is -0.591. The van der Waals surface area contributed by atoms with Crippen LogP contribution in [-0.2, 0) is 9.59 Å². The zero-order valence-corrected chi connectivity index (χ0v) is 22.5. The number of nitrogens with zero attached hydrogens (tertiary/aromatic N) is 2. The molecule has 182 valence electrons. The molecule has 0 unspecified atom stereocenters. The number of fused-ring (bicyclic) bond motifs is 5. The summed E-state index contributed by atoms with van der Waals surface area (Å²) < 4.78 is 13.4. The maximum Gasteiger partial charge on any atom is 0.273 e. The predicted octanol–water partition coefficient (Wildman–Crippen LogP) is 5.15. The fourth-order valence-corrected chi connectivity index (χ4v) is 7.62. The van der Waals surface area contributed by atoms with E-state index >= 15 is 0 Å². The smallest absolute Gasteiger partial charge is 0.273 e. The third-order valence-corrected chi connectivity index (χ3v) is 11.0. The summed E-state index contributed by atoms with van der Waals surface area (Å²) in [6.07, 6.45) is 0.724. The van der Waals surface area contributed by atoms with Gasteiger partial charge in [0.05, 0.1) is 21.9 Å². The van der Waals surface area contributed by atoms with Gasteiger partial charge in [-0.25, -0.2) is 9.40 Å². The summed E-state index contributed by atoms with van der Waals surface area (Å²) in [7, 11) is 0. The lowest BCUT2D eigenvalue weighted by Crippen LogP contribution is -2.52. The summed E-state index contributed by atoms with van der Waals surface area (Å²) in [6, 6.07) is 8.97. The summed E-state index contributed by atoms with van der Waals surface area (Å²) >= 11 is 19.3. The average Bonchev–Trinajstić information content (AvgIpc) is 3.44. The van der Waals surface area contributed by atoms with Gasteiger partial charge in [0.1, 0.15) is 12.4 Å². The van der Waals surface area contributed by atoms with Crippen molar-refractivity contribution in [3.8, 4) is 0 Å². The fourth-order valence-electron chi connectivity index (χ4n) is 5.45. The van der Waals surface area contributed by atoms with Crippen molar-refractivity contribution in [2.24, 2.45) is 23.7 Å². The number of hydrogen-bond donors (Lipinski definition) is 0. The van der Waals surface area contributed by atoms with Gasteiger partial charge in [0.15, 0.2) is 5.78 Å². The maximum absolute atomic E-state index is 13.6. The minimum Gasteiger partial charge on any atom is -0.292 e. The lowest BCUT2D eigenvalue weighted by molar-refractivity contribution is -0.154. The first kappa shape index (κ1) is 24.9. The molecule has 0 N–H and O–H groups in total. The second-order valence-electron chi connectivity index (χ2n) is 8.91. The molecule has 2 saturated carbocycles. The first-order valence-corrected chi connectivity index (χ1v) is 13.4. The lowest BCUT2D eigenvalue weighted by atomic mass is 9.81. The van der Waals surface area contributed by atoms with E-state index in [1.807, 2.05) is 0 Å². The average molecular weight is 647 g/mol. The van der Waals surface area contributed by atoms with Crippen LogP contribution in [-0.4, -0.2) is 49.7 Å². The van der Waals surface area contributed by atoms with E-state index in [1.165, 1.54) is 30.3 Å². The quantitative estimate of drug-likeness (QED) is 0.256. The molecule has 6 atom stereocenters. The molecule has 1 heterocycles. The number of benzene rings is 2. The zero-order valence-electron chi connectivity index (χ0n) is 17.8. The SMILES string of the molecule is O=C(CN(C(=O)c1ccc(Cl)c(Cl)c1)N1C(=O)[C@@H]2[C@H]3C[C@@H]([C@@H](Br)[C@H]3Br)[C@H]2C1=O)c1ccc(F)cc1. The highest BCUT2D eigenvalue weighted by molar-refractivity contribution is 9.12. The number of carbonyl (C=O) groups is 4. The third-order valence-electron chi connectivity index (χ3n) is 7.07. The molecule has 2 bridgehead atoms. The molecule has 1 aliphatic heterocycles. The topological polar surface area (TPSA) is 74.8 Å². The molecule has 0 radical (unpaired) electrons. The number of ketones is 1. The standard InChI is InChI=1S/C24H17Br2Cl2FN2O4/c25-20-13-8-14(21(20)26)19-18(13)23(34)31(24(19)35)30(9-17(32)10-1-4-12(29)5-2-10)22(33)11-3-6-15(27)16(28)7-11/h1-7,13-14,18-21H,8-9H2/t13-,14-,18-,19-,20-,21+/m1/s1. The Kier molecular flexibility index (Phi) is 6.57. The van der Waals surface area contributed by atoms with Crippen molar-refractivity contribution in [1.29, 1.82) is 0 Å². The van der Waals surface area contributed by atoms with Gasteiger partial charge in [-0.3, -0.25) is 19.2 Å². The van der Waals surface area contributed by atoms with Crippen LogP contribution in [0.15, 0.2) is 42.5 Å². The van der Waals surface area contributed by atoms with E-state index in [1.54, 1.807) is 0 Å². The molecular formula is C24H17Br2Cl2FN2O4. The van der Waals surface area contributed by atoms with Gasteiger partial charge in [-0.05, 0) is 60.7 Å². The highest BCUT2D eigenvalue weighted by Gasteiger charge is 2.67. The van der Waals surface area contributed by atoms with Crippen LogP contribution in [0.5, 0.6) is 0 Å². The Labute approximate surface area is 226 Å². The minimum absolute atomic E-state index is 0.0190. The molecule has 3 fully saturated rings. The van der Waals surface area contributed by atoms with E-state index in [0.717, 1.165) is 28.6 Å². The zero-order chi connectivity index (χ0) is 25.2. The van der Waals surface area contributed by atoms with Crippen molar-refractivity contribution in [1.82, 2.24) is 10.0 Å². The van der Waals surface area contributed by atoms with Gasteiger partial charge in [-0.1, -0.05) is 55.1 Å². The van der Waals surface area contributed by atoms with Gasteiger partial charge in [-0.2, -0.15) is 5.01 Å². The van der Waals surface area contributed by atoms with Gasteiger partial charge < -0.3 is 0 Å². The van der Waals surface area contributed by atoms with Crippen LogP contribution in [0.4, 0.5) is 4.39 Å². The Balaban J connectivity index is 1.52. The number of Topliss-reactive ketones (excluding diaryl/α,β-unsaturated/α-hetero) is 1. The number of rotatable bonds is 5. The molecule has 3 amide bonds. The van der Waals surface area contributed by atoms with Crippen molar-refractivity contribution in [2.75, 3.05) is 6.54 Å². The number of hydrazine groups is 1. The molecule has 5 rings (SSSR count). The second-order valence-corrected chi connectivity index (χ2v) is 11.8. The Morgan fingerprint density at radius 2 is 1.46 bits per heavy atom. The molecule has 35 heavy (non-hydrogen) atoms. The number of carbonyl (C=O) groups excluding carboxylic acids is 4. The van der Waals surface area contributed by atoms with Crippen molar-refractivity contribution in [2.45, 2.75) is 16.1 Å². The normalized spacial score (nSPS) is 29.0. The van der Waals surface area contributed by atoms with Crippen LogP contribution in [0.25, 0.3) is 0 Å². The lowest BCUT2D eigenvalue weighted by Gasteiger charge is -2.31. The Morgan fingerprint density at radius 1 is 0.914 bits per heavy atom.